The number of hydrogen-bond donors (Lipinski definition) is 0. The first-order chi connectivity index (χ1) is 11.7. The molecule has 0 unspecified atom stereocenters. The van der Waals surface area contributed by atoms with E-state index in [0.717, 1.165) is 17.4 Å². The van der Waals surface area contributed by atoms with Crippen molar-refractivity contribution in [3.63, 3.8) is 0 Å². The SMILES string of the molecule is Cc1c(C(=O)N(C)Cc2ccc(Br)o2)sc2nc(C(F)(F)F)ccc12. The van der Waals surface area contributed by atoms with Crippen molar-refractivity contribution in [2.45, 2.75) is 19.6 Å². The van der Waals surface area contributed by atoms with Crippen LogP contribution in [0.2, 0.25) is 0 Å². The van der Waals surface area contributed by atoms with E-state index in [4.69, 9.17) is 4.42 Å². The smallest absolute Gasteiger partial charge is 0.433 e. The van der Waals surface area contributed by atoms with Gasteiger partial charge in [-0.15, -0.1) is 11.3 Å². The van der Waals surface area contributed by atoms with Crippen molar-refractivity contribution in [1.29, 1.82) is 0 Å². The summed E-state index contributed by atoms with van der Waals surface area (Å²) in [5, 5.41) is 0.551. The second kappa shape index (κ2) is 6.45. The van der Waals surface area contributed by atoms with Crippen LogP contribution in [0.4, 0.5) is 13.2 Å². The number of thiophene rings is 1. The van der Waals surface area contributed by atoms with Gasteiger partial charge in [0.25, 0.3) is 5.91 Å². The van der Waals surface area contributed by atoms with E-state index in [1.165, 1.54) is 11.0 Å². The van der Waals surface area contributed by atoms with Crippen LogP contribution in [-0.2, 0) is 12.7 Å². The van der Waals surface area contributed by atoms with E-state index < -0.39 is 11.9 Å². The lowest BCUT2D eigenvalue weighted by molar-refractivity contribution is -0.140. The van der Waals surface area contributed by atoms with Gasteiger partial charge in [-0.3, -0.25) is 4.79 Å². The van der Waals surface area contributed by atoms with E-state index in [-0.39, 0.29) is 17.3 Å². The number of fused-ring (bicyclic) bond motifs is 1. The number of carbonyl (C=O) groups excluding carboxylic acids is 1. The Balaban J connectivity index is 1.91. The number of carbonyl (C=O) groups is 1. The molecule has 0 aliphatic rings. The monoisotopic (exact) mass is 432 g/mol. The molecule has 0 bridgehead atoms. The number of nitrogens with zero attached hydrogens (tertiary/aromatic N) is 2. The molecule has 1 amide bonds. The number of halogens is 4. The summed E-state index contributed by atoms with van der Waals surface area (Å²) in [6, 6.07) is 5.75. The van der Waals surface area contributed by atoms with E-state index in [0.29, 0.717) is 26.3 Å². The predicted molar refractivity (Wildman–Crippen MR) is 91.6 cm³/mol. The van der Waals surface area contributed by atoms with E-state index in [1.54, 1.807) is 26.1 Å². The Morgan fingerprint density at radius 1 is 1.32 bits per heavy atom. The van der Waals surface area contributed by atoms with Gasteiger partial charge in [0.1, 0.15) is 16.3 Å². The second-order valence-electron chi connectivity index (χ2n) is 5.47. The molecule has 3 aromatic heterocycles. The van der Waals surface area contributed by atoms with Gasteiger partial charge in [-0.25, -0.2) is 4.98 Å². The lowest BCUT2D eigenvalue weighted by atomic mass is 10.1. The molecule has 0 aliphatic heterocycles. The van der Waals surface area contributed by atoms with Crippen LogP contribution in [0, 0.1) is 6.92 Å². The van der Waals surface area contributed by atoms with Crippen molar-refractivity contribution in [3.05, 3.63) is 50.8 Å². The molecule has 3 rings (SSSR count). The predicted octanol–water partition coefficient (Wildman–Crippen LogP) is 5.25. The van der Waals surface area contributed by atoms with E-state index >= 15 is 0 Å². The van der Waals surface area contributed by atoms with Crippen LogP contribution < -0.4 is 0 Å². The van der Waals surface area contributed by atoms with Gasteiger partial charge in [0, 0.05) is 12.4 Å². The third-order valence-electron chi connectivity index (χ3n) is 3.66. The minimum Gasteiger partial charge on any atom is -0.452 e. The molecule has 0 saturated heterocycles. The van der Waals surface area contributed by atoms with Crippen LogP contribution in [-0.4, -0.2) is 22.8 Å². The van der Waals surface area contributed by atoms with Crippen molar-refractivity contribution in [1.82, 2.24) is 9.88 Å². The fraction of sp³-hybridized carbons (Fsp3) is 0.250. The number of rotatable bonds is 3. The zero-order chi connectivity index (χ0) is 18.4. The molecule has 0 aliphatic carbocycles. The van der Waals surface area contributed by atoms with Crippen molar-refractivity contribution in [3.8, 4) is 0 Å². The molecule has 0 N–H and O–H groups in total. The van der Waals surface area contributed by atoms with Gasteiger partial charge in [0.15, 0.2) is 4.67 Å². The molecule has 0 spiro atoms. The Morgan fingerprint density at radius 3 is 2.64 bits per heavy atom. The molecular weight excluding hydrogens is 421 g/mol. The normalized spacial score (nSPS) is 11.9. The lowest BCUT2D eigenvalue weighted by Crippen LogP contribution is -2.25. The van der Waals surface area contributed by atoms with E-state index in [2.05, 4.69) is 20.9 Å². The Hall–Kier alpha value is -1.87. The quantitative estimate of drug-likeness (QED) is 0.567. The van der Waals surface area contributed by atoms with Crippen molar-refractivity contribution in [2.75, 3.05) is 7.05 Å². The zero-order valence-corrected chi connectivity index (χ0v) is 15.6. The number of furan rings is 1. The number of aryl methyl sites for hydroxylation is 1. The summed E-state index contributed by atoms with van der Waals surface area (Å²) < 4.78 is 44.4. The lowest BCUT2D eigenvalue weighted by Gasteiger charge is -2.15. The second-order valence-corrected chi connectivity index (χ2v) is 7.25. The van der Waals surface area contributed by atoms with Gasteiger partial charge in [-0.05, 0) is 52.7 Å². The van der Waals surface area contributed by atoms with E-state index in [9.17, 15) is 18.0 Å². The van der Waals surface area contributed by atoms with Gasteiger partial charge in [0.05, 0.1) is 11.4 Å². The molecular formula is C16H12BrF3N2O2S. The molecule has 9 heteroatoms. The minimum absolute atomic E-state index is 0.199. The third kappa shape index (κ3) is 3.57. The Morgan fingerprint density at radius 2 is 2.04 bits per heavy atom. The molecule has 132 valence electrons. The number of aromatic nitrogens is 1. The molecule has 3 heterocycles. The largest absolute Gasteiger partial charge is 0.452 e. The maximum atomic E-state index is 12.8. The number of amides is 1. The van der Waals surface area contributed by atoms with Gasteiger partial charge < -0.3 is 9.32 Å². The maximum absolute atomic E-state index is 12.8. The fourth-order valence-corrected chi connectivity index (χ4v) is 3.89. The summed E-state index contributed by atoms with van der Waals surface area (Å²) in [6.45, 7) is 1.96. The molecule has 0 radical (unpaired) electrons. The Bertz CT molecular complexity index is 949. The number of pyridine rings is 1. The average Bonchev–Trinajstić information content (AvgIpc) is 3.09. The highest BCUT2D eigenvalue weighted by Gasteiger charge is 2.33. The summed E-state index contributed by atoms with van der Waals surface area (Å²) in [5.41, 5.74) is -0.340. The summed E-state index contributed by atoms with van der Waals surface area (Å²) in [4.78, 5) is 18.3. The Kier molecular flexibility index (Phi) is 4.63. The topological polar surface area (TPSA) is 46.3 Å². The molecule has 4 nitrogen and oxygen atoms in total. The Labute approximate surface area is 153 Å². The van der Waals surface area contributed by atoms with Crippen LogP contribution in [0.1, 0.15) is 26.7 Å². The van der Waals surface area contributed by atoms with E-state index in [1.807, 2.05) is 0 Å². The highest BCUT2D eigenvalue weighted by atomic mass is 79.9. The fourth-order valence-electron chi connectivity index (χ4n) is 2.38. The summed E-state index contributed by atoms with van der Waals surface area (Å²) >= 11 is 4.16. The average molecular weight is 433 g/mol. The highest BCUT2D eigenvalue weighted by molar-refractivity contribution is 9.10. The van der Waals surface area contributed by atoms with Gasteiger partial charge in [0.2, 0.25) is 0 Å². The highest BCUT2D eigenvalue weighted by Crippen LogP contribution is 2.34. The van der Waals surface area contributed by atoms with Crippen LogP contribution >= 0.6 is 27.3 Å². The van der Waals surface area contributed by atoms with Crippen molar-refractivity contribution >= 4 is 43.4 Å². The molecule has 0 aromatic carbocycles. The van der Waals surface area contributed by atoms with Crippen LogP contribution in [0.15, 0.2) is 33.4 Å². The van der Waals surface area contributed by atoms with Crippen molar-refractivity contribution < 1.29 is 22.4 Å². The van der Waals surface area contributed by atoms with Crippen LogP contribution in [0.3, 0.4) is 0 Å². The van der Waals surface area contributed by atoms with Crippen LogP contribution in [0.25, 0.3) is 10.2 Å². The first kappa shape index (κ1) is 17.9. The molecule has 0 saturated carbocycles. The molecule has 25 heavy (non-hydrogen) atoms. The number of alkyl halides is 3. The zero-order valence-electron chi connectivity index (χ0n) is 13.1. The summed E-state index contributed by atoms with van der Waals surface area (Å²) in [5.74, 6) is 0.306. The third-order valence-corrected chi connectivity index (χ3v) is 5.27. The molecule has 0 atom stereocenters. The van der Waals surface area contributed by atoms with Gasteiger partial charge in [-0.1, -0.05) is 0 Å². The van der Waals surface area contributed by atoms with Crippen molar-refractivity contribution in [2.24, 2.45) is 0 Å². The summed E-state index contributed by atoms with van der Waals surface area (Å²) in [7, 11) is 1.61. The first-order valence-electron chi connectivity index (χ1n) is 7.14. The standard InChI is InChI=1S/C16H12BrF3N2O2S/c1-8-10-4-5-11(16(18,19)20)21-14(10)25-13(8)15(23)22(2)7-9-3-6-12(17)24-9/h3-6H,7H2,1-2H3. The first-order valence-corrected chi connectivity index (χ1v) is 8.75. The number of hydrogen-bond acceptors (Lipinski definition) is 4. The van der Waals surface area contributed by atoms with Gasteiger partial charge in [-0.2, -0.15) is 13.2 Å². The minimum atomic E-state index is -4.51. The summed E-state index contributed by atoms with van der Waals surface area (Å²) in [6.07, 6.45) is -4.51. The van der Waals surface area contributed by atoms with Crippen LogP contribution in [0.5, 0.6) is 0 Å². The molecule has 3 aromatic rings. The molecule has 0 fully saturated rings. The maximum Gasteiger partial charge on any atom is 0.433 e. The van der Waals surface area contributed by atoms with Gasteiger partial charge >= 0.3 is 6.18 Å².